The molecule has 0 amide bonds. The first-order chi connectivity index (χ1) is 5.33. The Kier molecular flexibility index (Phi) is 2.83. The maximum atomic E-state index is 4.14. The van der Waals surface area contributed by atoms with E-state index in [1.165, 1.54) is 0 Å². The standard InChI is InChI=1S/C8H13N3/c1-3-4-9-8-6-10-7(2)5-11-8/h5-6H,3-4H2,1-2H3,(H,9,11). The van der Waals surface area contributed by atoms with Crippen molar-refractivity contribution < 1.29 is 0 Å². The number of nitrogens with one attached hydrogen (secondary N) is 1. The zero-order valence-corrected chi connectivity index (χ0v) is 6.96. The Labute approximate surface area is 66.9 Å². The molecule has 0 saturated carbocycles. The van der Waals surface area contributed by atoms with Gasteiger partial charge < -0.3 is 5.32 Å². The first-order valence-electron chi connectivity index (χ1n) is 3.85. The highest BCUT2D eigenvalue weighted by Crippen LogP contribution is 1.99. The van der Waals surface area contributed by atoms with E-state index in [2.05, 4.69) is 22.2 Å². The van der Waals surface area contributed by atoms with Crippen LogP contribution in [0.1, 0.15) is 19.0 Å². The summed E-state index contributed by atoms with van der Waals surface area (Å²) < 4.78 is 0. The summed E-state index contributed by atoms with van der Waals surface area (Å²) in [5.74, 6) is 0.859. The Hall–Kier alpha value is -1.12. The molecule has 0 aliphatic heterocycles. The van der Waals surface area contributed by atoms with Gasteiger partial charge in [-0.25, -0.2) is 4.98 Å². The molecule has 1 heterocycles. The van der Waals surface area contributed by atoms with Crippen molar-refractivity contribution in [1.82, 2.24) is 9.97 Å². The fourth-order valence-corrected chi connectivity index (χ4v) is 0.737. The Balaban J connectivity index is 2.52. The van der Waals surface area contributed by atoms with Gasteiger partial charge in [0.05, 0.1) is 18.1 Å². The van der Waals surface area contributed by atoms with Crippen molar-refractivity contribution in [1.29, 1.82) is 0 Å². The summed E-state index contributed by atoms with van der Waals surface area (Å²) in [5, 5.41) is 3.15. The molecule has 0 spiro atoms. The minimum absolute atomic E-state index is 0.859. The first-order valence-corrected chi connectivity index (χ1v) is 3.85. The highest BCUT2D eigenvalue weighted by Gasteiger charge is 1.90. The molecule has 0 radical (unpaired) electrons. The zero-order chi connectivity index (χ0) is 8.10. The summed E-state index contributed by atoms with van der Waals surface area (Å²) in [6.07, 6.45) is 4.62. The van der Waals surface area contributed by atoms with Crippen LogP contribution in [-0.4, -0.2) is 16.5 Å². The van der Waals surface area contributed by atoms with Crippen molar-refractivity contribution in [2.45, 2.75) is 20.3 Å². The summed E-state index contributed by atoms with van der Waals surface area (Å²) in [6, 6.07) is 0. The fraction of sp³-hybridized carbons (Fsp3) is 0.500. The van der Waals surface area contributed by atoms with E-state index < -0.39 is 0 Å². The van der Waals surface area contributed by atoms with E-state index in [9.17, 15) is 0 Å². The molecular formula is C8H13N3. The fourth-order valence-electron chi connectivity index (χ4n) is 0.737. The molecule has 1 rings (SSSR count). The number of aromatic nitrogens is 2. The van der Waals surface area contributed by atoms with Gasteiger partial charge in [0.15, 0.2) is 0 Å². The van der Waals surface area contributed by atoms with Crippen LogP contribution in [0.2, 0.25) is 0 Å². The van der Waals surface area contributed by atoms with Gasteiger partial charge in [0.25, 0.3) is 0 Å². The second-order valence-electron chi connectivity index (χ2n) is 2.47. The molecule has 0 fully saturated rings. The van der Waals surface area contributed by atoms with Crippen LogP contribution >= 0.6 is 0 Å². The zero-order valence-electron chi connectivity index (χ0n) is 6.96. The third-order valence-corrected chi connectivity index (χ3v) is 1.34. The van der Waals surface area contributed by atoms with E-state index in [0.29, 0.717) is 0 Å². The van der Waals surface area contributed by atoms with Gasteiger partial charge in [-0.2, -0.15) is 0 Å². The van der Waals surface area contributed by atoms with E-state index in [1.807, 2.05) is 6.92 Å². The van der Waals surface area contributed by atoms with E-state index in [-0.39, 0.29) is 0 Å². The van der Waals surface area contributed by atoms with Crippen molar-refractivity contribution in [2.75, 3.05) is 11.9 Å². The molecule has 11 heavy (non-hydrogen) atoms. The molecule has 0 aliphatic carbocycles. The molecule has 3 heteroatoms. The van der Waals surface area contributed by atoms with E-state index >= 15 is 0 Å². The van der Waals surface area contributed by atoms with Crippen molar-refractivity contribution in [3.63, 3.8) is 0 Å². The van der Waals surface area contributed by atoms with Crippen LogP contribution in [0.5, 0.6) is 0 Å². The lowest BCUT2D eigenvalue weighted by molar-refractivity contribution is 0.961. The maximum absolute atomic E-state index is 4.14. The van der Waals surface area contributed by atoms with E-state index in [4.69, 9.17) is 0 Å². The Morgan fingerprint density at radius 3 is 2.73 bits per heavy atom. The number of hydrogen-bond acceptors (Lipinski definition) is 3. The predicted molar refractivity (Wildman–Crippen MR) is 45.5 cm³/mol. The lowest BCUT2D eigenvalue weighted by atomic mass is 10.4. The number of anilines is 1. The summed E-state index contributed by atoms with van der Waals surface area (Å²) >= 11 is 0. The third kappa shape index (κ3) is 2.53. The van der Waals surface area contributed by atoms with Gasteiger partial charge in [-0.15, -0.1) is 0 Å². The van der Waals surface area contributed by atoms with Crippen molar-refractivity contribution in [3.8, 4) is 0 Å². The van der Waals surface area contributed by atoms with Gasteiger partial charge in [0, 0.05) is 6.54 Å². The van der Waals surface area contributed by atoms with Crippen LogP contribution in [0.15, 0.2) is 12.4 Å². The molecule has 0 bridgehead atoms. The first kappa shape index (κ1) is 7.98. The molecular weight excluding hydrogens is 138 g/mol. The van der Waals surface area contributed by atoms with Crippen LogP contribution in [0.25, 0.3) is 0 Å². The molecule has 0 unspecified atom stereocenters. The largest absolute Gasteiger partial charge is 0.369 e. The van der Waals surface area contributed by atoms with Crippen molar-refractivity contribution >= 4 is 5.82 Å². The van der Waals surface area contributed by atoms with E-state index in [0.717, 1.165) is 24.5 Å². The highest BCUT2D eigenvalue weighted by atomic mass is 15.0. The second-order valence-corrected chi connectivity index (χ2v) is 2.47. The Morgan fingerprint density at radius 1 is 1.36 bits per heavy atom. The van der Waals surface area contributed by atoms with Gasteiger partial charge >= 0.3 is 0 Å². The monoisotopic (exact) mass is 151 g/mol. The summed E-state index contributed by atoms with van der Waals surface area (Å²) in [7, 11) is 0. The molecule has 0 atom stereocenters. The molecule has 0 aromatic carbocycles. The van der Waals surface area contributed by atoms with Crippen molar-refractivity contribution in [2.24, 2.45) is 0 Å². The molecule has 60 valence electrons. The van der Waals surface area contributed by atoms with Gasteiger partial charge in [0.2, 0.25) is 0 Å². The highest BCUT2D eigenvalue weighted by molar-refractivity contribution is 5.30. The lowest BCUT2D eigenvalue weighted by Crippen LogP contribution is -2.02. The minimum Gasteiger partial charge on any atom is -0.369 e. The van der Waals surface area contributed by atoms with Crippen LogP contribution < -0.4 is 5.32 Å². The normalized spacial score (nSPS) is 9.64. The van der Waals surface area contributed by atoms with Gasteiger partial charge in [-0.05, 0) is 13.3 Å². The average molecular weight is 151 g/mol. The SMILES string of the molecule is CCCNc1cnc(C)cn1. The quantitative estimate of drug-likeness (QED) is 0.713. The minimum atomic E-state index is 0.859. The summed E-state index contributed by atoms with van der Waals surface area (Å²) in [6.45, 7) is 5.00. The van der Waals surface area contributed by atoms with Crippen molar-refractivity contribution in [3.05, 3.63) is 18.1 Å². The molecule has 1 aromatic heterocycles. The maximum Gasteiger partial charge on any atom is 0.144 e. The number of rotatable bonds is 3. The molecule has 1 N–H and O–H groups in total. The number of aryl methyl sites for hydroxylation is 1. The van der Waals surface area contributed by atoms with Crippen LogP contribution in [0.3, 0.4) is 0 Å². The number of hydrogen-bond donors (Lipinski definition) is 1. The summed E-state index contributed by atoms with van der Waals surface area (Å²) in [5.41, 5.74) is 0.951. The van der Waals surface area contributed by atoms with Crippen LogP contribution in [0, 0.1) is 6.92 Å². The molecule has 1 aromatic rings. The van der Waals surface area contributed by atoms with E-state index in [1.54, 1.807) is 12.4 Å². The molecule has 3 nitrogen and oxygen atoms in total. The smallest absolute Gasteiger partial charge is 0.144 e. The Morgan fingerprint density at radius 2 is 2.18 bits per heavy atom. The molecule has 0 aliphatic rings. The van der Waals surface area contributed by atoms with Gasteiger partial charge in [-0.1, -0.05) is 6.92 Å². The summed E-state index contributed by atoms with van der Waals surface area (Å²) in [4.78, 5) is 8.25. The lowest BCUT2D eigenvalue weighted by Gasteiger charge is -2.01. The second kappa shape index (κ2) is 3.91. The van der Waals surface area contributed by atoms with Crippen LogP contribution in [0.4, 0.5) is 5.82 Å². The van der Waals surface area contributed by atoms with Gasteiger partial charge in [-0.3, -0.25) is 4.98 Å². The van der Waals surface area contributed by atoms with Gasteiger partial charge in [0.1, 0.15) is 5.82 Å². The predicted octanol–water partition coefficient (Wildman–Crippen LogP) is 1.61. The average Bonchev–Trinajstić information content (AvgIpc) is 2.04. The number of nitrogens with zero attached hydrogens (tertiary/aromatic N) is 2. The Bertz CT molecular complexity index is 205. The molecule has 0 saturated heterocycles. The topological polar surface area (TPSA) is 37.8 Å². The third-order valence-electron chi connectivity index (χ3n) is 1.34. The van der Waals surface area contributed by atoms with Crippen LogP contribution in [-0.2, 0) is 0 Å².